The van der Waals surface area contributed by atoms with Gasteiger partial charge in [-0.2, -0.15) is 36.4 Å². The van der Waals surface area contributed by atoms with Crippen LogP contribution in [0.3, 0.4) is 0 Å². The number of likely N-dealkylation sites (N-methyl/N-ethyl adjacent to an activating group) is 1. The zero-order chi connectivity index (χ0) is 26.6. The molecule has 0 aromatic carbocycles. The van der Waals surface area contributed by atoms with Gasteiger partial charge in [0.2, 0.25) is 5.91 Å². The summed E-state index contributed by atoms with van der Waals surface area (Å²) in [7, 11) is 1.88. The number of hydrogen-bond donors (Lipinski definition) is 0. The molecule has 2 atom stereocenters. The molecule has 2 aromatic heterocycles. The molecule has 2 aromatic rings. The Labute approximate surface area is 208 Å². The van der Waals surface area contributed by atoms with Crippen molar-refractivity contribution in [2.24, 2.45) is 10.8 Å². The van der Waals surface area contributed by atoms with Gasteiger partial charge in [0, 0.05) is 43.7 Å². The summed E-state index contributed by atoms with van der Waals surface area (Å²) in [5, 5.41) is 8.28. The summed E-state index contributed by atoms with van der Waals surface area (Å²) in [6.45, 7) is 3.16. The van der Waals surface area contributed by atoms with Gasteiger partial charge in [-0.05, 0) is 45.7 Å². The molecule has 0 radical (unpaired) electrons. The molecule has 2 unspecified atom stereocenters. The van der Waals surface area contributed by atoms with Crippen LogP contribution < -0.4 is 0 Å². The minimum absolute atomic E-state index is 0.00743. The van der Waals surface area contributed by atoms with E-state index in [9.17, 15) is 31.1 Å². The molecular weight excluding hydrogens is 506 g/mol. The second-order valence-corrected chi connectivity index (χ2v) is 11.3. The summed E-state index contributed by atoms with van der Waals surface area (Å²) in [5.74, 6) is -0.576. The van der Waals surface area contributed by atoms with Crippen molar-refractivity contribution >= 4 is 5.91 Å². The van der Waals surface area contributed by atoms with Crippen LogP contribution in [0.1, 0.15) is 62.0 Å². The van der Waals surface area contributed by atoms with E-state index in [0.29, 0.717) is 18.9 Å². The third kappa shape index (κ3) is 3.53. The molecule has 202 valence electrons. The molecule has 14 heteroatoms. The van der Waals surface area contributed by atoms with Gasteiger partial charge in [0.25, 0.3) is 5.89 Å². The maximum absolute atomic E-state index is 13.5. The quantitative estimate of drug-likeness (QED) is 0.547. The van der Waals surface area contributed by atoms with Gasteiger partial charge in [-0.15, -0.1) is 0 Å². The van der Waals surface area contributed by atoms with Gasteiger partial charge >= 0.3 is 12.4 Å². The molecule has 1 spiro atoms. The Morgan fingerprint density at radius 3 is 2.32 bits per heavy atom. The first-order chi connectivity index (χ1) is 17.2. The fourth-order valence-electron chi connectivity index (χ4n) is 6.09. The first-order valence-electron chi connectivity index (χ1n) is 12.2. The van der Waals surface area contributed by atoms with E-state index in [1.165, 1.54) is 21.8 Å². The number of rotatable bonds is 5. The highest BCUT2D eigenvalue weighted by molar-refractivity contribution is 5.87. The number of nitrogens with zero attached hydrogens (tertiary/aromatic N) is 6. The van der Waals surface area contributed by atoms with Crippen LogP contribution >= 0.6 is 0 Å². The molecule has 0 N–H and O–H groups in total. The van der Waals surface area contributed by atoms with Crippen LogP contribution in [0.2, 0.25) is 0 Å². The highest BCUT2D eigenvalue weighted by Crippen LogP contribution is 2.61. The lowest BCUT2D eigenvalue weighted by molar-refractivity contribution is -0.204. The van der Waals surface area contributed by atoms with Crippen LogP contribution in [0.5, 0.6) is 0 Å². The Morgan fingerprint density at radius 1 is 1.08 bits per heavy atom. The Morgan fingerprint density at radius 2 is 1.76 bits per heavy atom. The van der Waals surface area contributed by atoms with E-state index < -0.39 is 40.5 Å². The summed E-state index contributed by atoms with van der Waals surface area (Å²) in [4.78, 5) is 20.5. The largest absolute Gasteiger partial charge is 0.403 e. The van der Waals surface area contributed by atoms with Crippen molar-refractivity contribution in [1.82, 2.24) is 29.7 Å². The van der Waals surface area contributed by atoms with Crippen molar-refractivity contribution in [3.63, 3.8) is 0 Å². The number of likely N-dealkylation sites (tertiary alicyclic amines) is 2. The van der Waals surface area contributed by atoms with Crippen LogP contribution in [0.25, 0.3) is 0 Å². The first-order valence-corrected chi connectivity index (χ1v) is 12.2. The molecule has 2 saturated heterocycles. The van der Waals surface area contributed by atoms with E-state index in [4.69, 9.17) is 4.52 Å². The van der Waals surface area contributed by atoms with E-state index >= 15 is 0 Å². The Balaban J connectivity index is 1.18. The third-order valence-electron chi connectivity index (χ3n) is 8.73. The molecular formula is C23H26F6N6O2. The molecule has 6 rings (SSSR count). The lowest BCUT2D eigenvalue weighted by Gasteiger charge is -2.51. The average Bonchev–Trinajstić information content (AvgIpc) is 3.63. The second-order valence-electron chi connectivity index (χ2n) is 11.3. The van der Waals surface area contributed by atoms with Crippen LogP contribution in [-0.2, 0) is 10.2 Å². The number of carbonyl (C=O) groups is 1. The molecule has 2 aliphatic carbocycles. The fourth-order valence-corrected chi connectivity index (χ4v) is 6.09. The minimum Gasteiger partial charge on any atom is -0.341 e. The van der Waals surface area contributed by atoms with Gasteiger partial charge in [-0.3, -0.25) is 9.48 Å². The highest BCUT2D eigenvalue weighted by atomic mass is 19.4. The molecule has 2 aliphatic heterocycles. The van der Waals surface area contributed by atoms with Gasteiger partial charge in [0.1, 0.15) is 16.9 Å². The topological polar surface area (TPSA) is 80.3 Å². The monoisotopic (exact) mass is 532 g/mol. The molecule has 37 heavy (non-hydrogen) atoms. The van der Waals surface area contributed by atoms with E-state index in [2.05, 4.69) is 15.2 Å². The number of alkyl halides is 6. The molecule has 0 bridgehead atoms. The Hall–Kier alpha value is -2.64. The molecule has 2 saturated carbocycles. The molecule has 4 aliphatic rings. The SMILES string of the molecule is CC(c1nc(C2CN(C)CC23CN(C(=O)C2(C(F)(F)F)CC2)C3)no1)n1ccc(C2(C(F)(F)F)CC2)n1. The molecule has 8 nitrogen and oxygen atoms in total. The predicted molar refractivity (Wildman–Crippen MR) is 114 cm³/mol. The zero-order valence-corrected chi connectivity index (χ0v) is 20.2. The van der Waals surface area contributed by atoms with E-state index in [1.807, 2.05) is 11.9 Å². The van der Waals surface area contributed by atoms with Gasteiger partial charge in [0.15, 0.2) is 5.82 Å². The summed E-state index contributed by atoms with van der Waals surface area (Å²) >= 11 is 0. The average molecular weight is 532 g/mol. The predicted octanol–water partition coefficient (Wildman–Crippen LogP) is 3.67. The van der Waals surface area contributed by atoms with Crippen LogP contribution in [-0.4, -0.2) is 81.2 Å². The smallest absolute Gasteiger partial charge is 0.341 e. The summed E-state index contributed by atoms with van der Waals surface area (Å²) < 4.78 is 87.5. The van der Waals surface area contributed by atoms with Crippen molar-refractivity contribution in [2.75, 3.05) is 33.2 Å². The zero-order valence-electron chi connectivity index (χ0n) is 20.2. The van der Waals surface area contributed by atoms with Crippen molar-refractivity contribution in [3.05, 3.63) is 29.7 Å². The van der Waals surface area contributed by atoms with Gasteiger partial charge in [-0.25, -0.2) is 0 Å². The normalized spacial score (nSPS) is 26.8. The number of aromatic nitrogens is 4. The van der Waals surface area contributed by atoms with Crippen LogP contribution in [0.15, 0.2) is 16.8 Å². The summed E-state index contributed by atoms with van der Waals surface area (Å²) in [6.07, 6.45) is -7.79. The number of halogens is 6. The third-order valence-corrected chi connectivity index (χ3v) is 8.73. The maximum Gasteiger partial charge on any atom is 0.403 e. The van der Waals surface area contributed by atoms with E-state index in [-0.39, 0.29) is 56.3 Å². The standard InChI is InChI=1S/C23H26F6N6O2/c1-13(35-8-3-15(31-35)20(4-5-20)22(24,25)26)17-30-16(32-37-17)14-9-33(2)10-19(14)11-34(12-19)18(36)21(6-7-21)23(27,28)29/h3,8,13-14H,4-7,9-12H2,1-2H3. The van der Waals surface area contributed by atoms with Gasteiger partial charge < -0.3 is 14.3 Å². The van der Waals surface area contributed by atoms with Crippen LogP contribution in [0, 0.1) is 10.8 Å². The first kappa shape index (κ1) is 24.7. The van der Waals surface area contributed by atoms with Crippen LogP contribution in [0.4, 0.5) is 26.3 Å². The summed E-state index contributed by atoms with van der Waals surface area (Å²) in [6, 6.07) is 0.748. The maximum atomic E-state index is 13.5. The fraction of sp³-hybridized carbons (Fsp3) is 0.739. The van der Waals surface area contributed by atoms with E-state index in [1.54, 1.807) is 6.92 Å². The molecule has 1 amide bonds. The number of hydrogen-bond acceptors (Lipinski definition) is 6. The molecule has 4 heterocycles. The Kier molecular flexibility index (Phi) is 4.99. The Bertz CT molecular complexity index is 1220. The van der Waals surface area contributed by atoms with Gasteiger partial charge in [0.05, 0.1) is 5.69 Å². The number of carbonyl (C=O) groups excluding carboxylic acids is 1. The minimum atomic E-state index is -4.55. The van der Waals surface area contributed by atoms with Crippen molar-refractivity contribution < 1.29 is 35.7 Å². The highest BCUT2D eigenvalue weighted by Gasteiger charge is 2.71. The molecule has 4 fully saturated rings. The lowest BCUT2D eigenvalue weighted by Crippen LogP contribution is -2.64. The van der Waals surface area contributed by atoms with Gasteiger partial charge in [-0.1, -0.05) is 5.16 Å². The van der Waals surface area contributed by atoms with Crippen molar-refractivity contribution in [3.8, 4) is 0 Å². The lowest BCUT2D eigenvalue weighted by atomic mass is 9.70. The van der Waals surface area contributed by atoms with E-state index in [0.717, 1.165) is 0 Å². The number of amides is 1. The van der Waals surface area contributed by atoms with Crippen molar-refractivity contribution in [1.29, 1.82) is 0 Å². The van der Waals surface area contributed by atoms with Crippen molar-refractivity contribution in [2.45, 2.75) is 62.3 Å². The summed E-state index contributed by atoms with van der Waals surface area (Å²) in [5.41, 5.74) is -4.65. The second kappa shape index (κ2) is 7.48.